The first-order valence-corrected chi connectivity index (χ1v) is 9.25. The van der Waals surface area contributed by atoms with E-state index in [9.17, 15) is 4.79 Å². The Labute approximate surface area is 156 Å². The number of rotatable bonds is 6. The van der Waals surface area contributed by atoms with Crippen molar-refractivity contribution in [3.63, 3.8) is 0 Å². The van der Waals surface area contributed by atoms with Gasteiger partial charge in [0.1, 0.15) is 0 Å². The van der Waals surface area contributed by atoms with E-state index in [1.807, 2.05) is 6.92 Å². The molecule has 0 aliphatic carbocycles. The highest BCUT2D eigenvalue weighted by molar-refractivity contribution is 5.80. The molecular formula is C20H31N3O3. The summed E-state index contributed by atoms with van der Waals surface area (Å²) < 4.78 is 10.8. The first-order valence-electron chi connectivity index (χ1n) is 9.25. The van der Waals surface area contributed by atoms with E-state index in [-0.39, 0.29) is 18.0 Å². The van der Waals surface area contributed by atoms with Crippen LogP contribution < -0.4 is 10.6 Å². The molecule has 0 spiro atoms. The third-order valence-electron chi connectivity index (χ3n) is 4.79. The summed E-state index contributed by atoms with van der Waals surface area (Å²) in [7, 11) is 3.13. The number of ether oxygens (including phenoxy) is 2. The van der Waals surface area contributed by atoms with Gasteiger partial charge in [0.2, 0.25) is 0 Å². The molecule has 3 atom stereocenters. The van der Waals surface area contributed by atoms with E-state index in [4.69, 9.17) is 9.47 Å². The van der Waals surface area contributed by atoms with Crippen molar-refractivity contribution in [1.29, 1.82) is 0 Å². The number of carbonyl (C=O) groups is 1. The summed E-state index contributed by atoms with van der Waals surface area (Å²) in [5.74, 6) is 0.613. The Morgan fingerprint density at radius 3 is 2.73 bits per heavy atom. The Kier molecular flexibility index (Phi) is 7.91. The van der Waals surface area contributed by atoms with Crippen LogP contribution in [0.1, 0.15) is 37.0 Å². The number of nitrogens with one attached hydrogen (secondary N) is 2. The molecule has 3 unspecified atom stereocenters. The largest absolute Gasteiger partial charge is 0.469 e. The van der Waals surface area contributed by atoms with Gasteiger partial charge in [-0.05, 0) is 25.3 Å². The number of methoxy groups -OCH3 is 1. The quantitative estimate of drug-likeness (QED) is 0.463. The summed E-state index contributed by atoms with van der Waals surface area (Å²) in [5.41, 5.74) is 2.48. The molecule has 6 nitrogen and oxygen atoms in total. The number of aryl methyl sites for hydroxylation is 1. The molecule has 1 aliphatic heterocycles. The lowest BCUT2D eigenvalue weighted by molar-refractivity contribution is -0.144. The summed E-state index contributed by atoms with van der Waals surface area (Å²) >= 11 is 0. The number of aliphatic imine (C=N–C) groups is 1. The Morgan fingerprint density at radius 1 is 1.35 bits per heavy atom. The van der Waals surface area contributed by atoms with E-state index in [1.165, 1.54) is 18.2 Å². The van der Waals surface area contributed by atoms with Crippen LogP contribution in [0.3, 0.4) is 0 Å². The van der Waals surface area contributed by atoms with Crippen LogP contribution in [0.5, 0.6) is 0 Å². The van der Waals surface area contributed by atoms with Crippen molar-refractivity contribution in [3.05, 3.63) is 35.4 Å². The van der Waals surface area contributed by atoms with Gasteiger partial charge in [-0.25, -0.2) is 0 Å². The van der Waals surface area contributed by atoms with Crippen molar-refractivity contribution in [1.82, 2.24) is 10.6 Å². The molecule has 1 aromatic rings. The van der Waals surface area contributed by atoms with Crippen molar-refractivity contribution < 1.29 is 14.3 Å². The molecule has 2 rings (SSSR count). The predicted octanol–water partition coefficient (Wildman–Crippen LogP) is 2.44. The zero-order chi connectivity index (χ0) is 18.9. The lowest BCUT2D eigenvalue weighted by Gasteiger charge is -2.32. The van der Waals surface area contributed by atoms with Crippen LogP contribution in [0, 0.1) is 18.8 Å². The van der Waals surface area contributed by atoms with E-state index in [0.29, 0.717) is 18.4 Å². The van der Waals surface area contributed by atoms with Crippen LogP contribution in [0.25, 0.3) is 0 Å². The topological polar surface area (TPSA) is 72.0 Å². The minimum atomic E-state index is -0.229. The van der Waals surface area contributed by atoms with Gasteiger partial charge in [-0.2, -0.15) is 0 Å². The SMILES string of the molecule is CN=C(NCC(C)C(=O)OC)NCC1CCCOC1c1ccc(C)cc1. The molecule has 0 saturated carbocycles. The Hall–Kier alpha value is -2.08. The van der Waals surface area contributed by atoms with Gasteiger partial charge in [-0.1, -0.05) is 36.8 Å². The van der Waals surface area contributed by atoms with Gasteiger partial charge in [0.25, 0.3) is 0 Å². The van der Waals surface area contributed by atoms with Gasteiger partial charge < -0.3 is 20.1 Å². The van der Waals surface area contributed by atoms with Gasteiger partial charge in [-0.15, -0.1) is 0 Å². The fraction of sp³-hybridized carbons (Fsp3) is 0.600. The average Bonchev–Trinajstić information content (AvgIpc) is 2.68. The first-order chi connectivity index (χ1) is 12.5. The second kappa shape index (κ2) is 10.2. The number of guanidine groups is 1. The van der Waals surface area contributed by atoms with Crippen molar-refractivity contribution in [3.8, 4) is 0 Å². The zero-order valence-corrected chi connectivity index (χ0v) is 16.2. The molecule has 26 heavy (non-hydrogen) atoms. The van der Waals surface area contributed by atoms with Crippen molar-refractivity contribution >= 4 is 11.9 Å². The minimum Gasteiger partial charge on any atom is -0.469 e. The average molecular weight is 361 g/mol. The number of hydrogen-bond acceptors (Lipinski definition) is 4. The highest BCUT2D eigenvalue weighted by Crippen LogP contribution is 2.33. The number of nitrogens with zero attached hydrogens (tertiary/aromatic N) is 1. The molecular weight excluding hydrogens is 330 g/mol. The second-order valence-corrected chi connectivity index (χ2v) is 6.86. The normalized spacial score (nSPS) is 21.8. The molecule has 1 saturated heterocycles. The van der Waals surface area contributed by atoms with Crippen molar-refractivity contribution in [2.75, 3.05) is 33.9 Å². The predicted molar refractivity (Wildman–Crippen MR) is 103 cm³/mol. The van der Waals surface area contributed by atoms with Crippen LogP contribution in [0.15, 0.2) is 29.3 Å². The van der Waals surface area contributed by atoms with E-state index in [1.54, 1.807) is 7.05 Å². The number of esters is 1. The Bertz CT molecular complexity index is 601. The van der Waals surface area contributed by atoms with Crippen LogP contribution in [0.2, 0.25) is 0 Å². The van der Waals surface area contributed by atoms with Crippen molar-refractivity contribution in [2.45, 2.75) is 32.8 Å². The van der Waals surface area contributed by atoms with Crippen molar-refractivity contribution in [2.24, 2.45) is 16.8 Å². The highest BCUT2D eigenvalue weighted by Gasteiger charge is 2.27. The molecule has 1 fully saturated rings. The van der Waals surface area contributed by atoms with Gasteiger partial charge in [-0.3, -0.25) is 9.79 Å². The van der Waals surface area contributed by atoms with Crippen LogP contribution in [0.4, 0.5) is 0 Å². The fourth-order valence-electron chi connectivity index (χ4n) is 3.16. The summed E-state index contributed by atoms with van der Waals surface area (Å²) in [6.07, 6.45) is 2.28. The van der Waals surface area contributed by atoms with E-state index in [2.05, 4.69) is 46.8 Å². The van der Waals surface area contributed by atoms with Crippen LogP contribution in [-0.4, -0.2) is 45.8 Å². The van der Waals surface area contributed by atoms with Crippen LogP contribution in [-0.2, 0) is 14.3 Å². The molecule has 0 radical (unpaired) electrons. The standard InChI is InChI=1S/C20H31N3O3/c1-14-7-9-16(10-8-14)18-17(6-5-11-26-18)13-23-20(21-3)22-12-15(2)19(24)25-4/h7-10,15,17-18H,5-6,11-13H2,1-4H3,(H2,21,22,23). The molecule has 2 N–H and O–H groups in total. The van der Waals surface area contributed by atoms with Gasteiger partial charge in [0.15, 0.2) is 5.96 Å². The third-order valence-corrected chi connectivity index (χ3v) is 4.79. The van der Waals surface area contributed by atoms with Gasteiger partial charge in [0.05, 0.1) is 19.1 Å². The molecule has 0 amide bonds. The molecule has 0 bridgehead atoms. The maximum Gasteiger partial charge on any atom is 0.310 e. The molecule has 1 aliphatic rings. The minimum absolute atomic E-state index is 0.101. The fourth-order valence-corrected chi connectivity index (χ4v) is 3.16. The second-order valence-electron chi connectivity index (χ2n) is 6.86. The number of carbonyl (C=O) groups excluding carboxylic acids is 1. The molecule has 6 heteroatoms. The monoisotopic (exact) mass is 361 g/mol. The summed E-state index contributed by atoms with van der Waals surface area (Å²) in [4.78, 5) is 15.7. The zero-order valence-electron chi connectivity index (χ0n) is 16.2. The van der Waals surface area contributed by atoms with Gasteiger partial charge in [0, 0.05) is 32.7 Å². The van der Waals surface area contributed by atoms with Gasteiger partial charge >= 0.3 is 5.97 Å². The smallest absolute Gasteiger partial charge is 0.310 e. The summed E-state index contributed by atoms with van der Waals surface area (Å²) in [6.45, 7) is 5.97. The van der Waals surface area contributed by atoms with E-state index >= 15 is 0 Å². The van der Waals surface area contributed by atoms with E-state index < -0.39 is 0 Å². The third kappa shape index (κ3) is 5.73. The number of benzene rings is 1. The Morgan fingerprint density at radius 2 is 2.08 bits per heavy atom. The van der Waals surface area contributed by atoms with Crippen LogP contribution >= 0.6 is 0 Å². The molecule has 1 aromatic carbocycles. The van der Waals surface area contributed by atoms with E-state index in [0.717, 1.165) is 26.0 Å². The highest BCUT2D eigenvalue weighted by atomic mass is 16.5. The summed E-state index contributed by atoms with van der Waals surface area (Å²) in [6, 6.07) is 8.58. The summed E-state index contributed by atoms with van der Waals surface area (Å²) in [5, 5.41) is 6.55. The maximum absolute atomic E-state index is 11.5. The maximum atomic E-state index is 11.5. The number of hydrogen-bond donors (Lipinski definition) is 2. The molecule has 0 aromatic heterocycles. The lowest BCUT2D eigenvalue weighted by atomic mass is 9.89. The lowest BCUT2D eigenvalue weighted by Crippen LogP contribution is -2.44. The molecule has 1 heterocycles. The first kappa shape index (κ1) is 20.2. The Balaban J connectivity index is 1.90. The molecule has 144 valence electrons.